The lowest BCUT2D eigenvalue weighted by Crippen LogP contribution is -2.03. The zero-order valence-corrected chi connectivity index (χ0v) is 9.03. The Balaban J connectivity index is 2.51. The molecule has 0 bridgehead atoms. The summed E-state index contributed by atoms with van der Waals surface area (Å²) in [5.74, 6) is 0. The Hall–Kier alpha value is -1.63. The van der Waals surface area contributed by atoms with Crippen LogP contribution in [0.15, 0.2) is 42.0 Å². The molecule has 0 atom stereocenters. The standard InChI is InChI=1S/C14H15N/c1-3-11-7-5-8-13(12(11)4-2)14-9-6-10-15-14/h3,5-8,10H,1,4,9H2,2H3. The average molecular weight is 197 g/mol. The Morgan fingerprint density at radius 3 is 2.93 bits per heavy atom. The summed E-state index contributed by atoms with van der Waals surface area (Å²) in [7, 11) is 0. The van der Waals surface area contributed by atoms with Gasteiger partial charge in [-0.25, -0.2) is 0 Å². The van der Waals surface area contributed by atoms with Crippen LogP contribution in [0.25, 0.3) is 6.08 Å². The van der Waals surface area contributed by atoms with Crippen LogP contribution in [-0.2, 0) is 6.42 Å². The minimum absolute atomic E-state index is 0.952. The van der Waals surface area contributed by atoms with Crippen molar-refractivity contribution in [2.75, 3.05) is 0 Å². The van der Waals surface area contributed by atoms with Gasteiger partial charge in [-0.1, -0.05) is 43.9 Å². The van der Waals surface area contributed by atoms with E-state index in [4.69, 9.17) is 0 Å². The van der Waals surface area contributed by atoms with Gasteiger partial charge in [-0.3, -0.25) is 4.99 Å². The Morgan fingerprint density at radius 2 is 2.33 bits per heavy atom. The van der Waals surface area contributed by atoms with E-state index in [0.29, 0.717) is 0 Å². The fourth-order valence-electron chi connectivity index (χ4n) is 2.00. The van der Waals surface area contributed by atoms with E-state index in [1.54, 1.807) is 0 Å². The minimum atomic E-state index is 0.952. The van der Waals surface area contributed by atoms with Crippen molar-refractivity contribution >= 4 is 11.8 Å². The number of hydrogen-bond acceptors (Lipinski definition) is 1. The lowest BCUT2D eigenvalue weighted by molar-refractivity contribution is 1.12. The van der Waals surface area contributed by atoms with Gasteiger partial charge in [0.05, 0.1) is 5.71 Å². The lowest BCUT2D eigenvalue weighted by atomic mass is 9.95. The molecule has 2 rings (SSSR count). The fraction of sp³-hybridized carbons (Fsp3) is 0.214. The zero-order chi connectivity index (χ0) is 10.7. The molecule has 1 heteroatoms. The maximum atomic E-state index is 4.39. The quantitative estimate of drug-likeness (QED) is 0.702. The summed E-state index contributed by atoms with van der Waals surface area (Å²) in [5, 5.41) is 0. The van der Waals surface area contributed by atoms with E-state index in [1.165, 1.54) is 22.4 Å². The van der Waals surface area contributed by atoms with Crippen LogP contribution in [0.5, 0.6) is 0 Å². The van der Waals surface area contributed by atoms with Crippen molar-refractivity contribution in [3.05, 3.63) is 53.7 Å². The summed E-state index contributed by atoms with van der Waals surface area (Å²) in [5.41, 5.74) is 5.04. The third-order valence-corrected chi connectivity index (χ3v) is 2.74. The molecular formula is C14H15N. The maximum absolute atomic E-state index is 4.39. The van der Waals surface area contributed by atoms with Gasteiger partial charge in [0.2, 0.25) is 0 Å². The molecule has 0 saturated heterocycles. The second-order valence-corrected chi connectivity index (χ2v) is 3.60. The normalized spacial score (nSPS) is 14.1. The Kier molecular flexibility index (Phi) is 2.82. The first-order valence-corrected chi connectivity index (χ1v) is 5.33. The molecule has 0 N–H and O–H groups in total. The average Bonchev–Trinajstić information content (AvgIpc) is 2.81. The van der Waals surface area contributed by atoms with Gasteiger partial charge in [0, 0.05) is 18.2 Å². The highest BCUT2D eigenvalue weighted by molar-refractivity contribution is 6.04. The first-order chi connectivity index (χ1) is 7.36. The van der Waals surface area contributed by atoms with Gasteiger partial charge < -0.3 is 0 Å². The van der Waals surface area contributed by atoms with Crippen molar-refractivity contribution in [3.63, 3.8) is 0 Å². The molecule has 1 aromatic carbocycles. The molecule has 0 fully saturated rings. The van der Waals surface area contributed by atoms with Crippen LogP contribution in [0.1, 0.15) is 30.0 Å². The third-order valence-electron chi connectivity index (χ3n) is 2.74. The summed E-state index contributed by atoms with van der Waals surface area (Å²) >= 11 is 0. The van der Waals surface area contributed by atoms with Crippen LogP contribution in [0, 0.1) is 0 Å². The van der Waals surface area contributed by atoms with Crippen LogP contribution in [0.3, 0.4) is 0 Å². The third kappa shape index (κ3) is 1.78. The van der Waals surface area contributed by atoms with Gasteiger partial charge in [-0.2, -0.15) is 0 Å². The van der Waals surface area contributed by atoms with Gasteiger partial charge in [0.1, 0.15) is 0 Å². The monoisotopic (exact) mass is 197 g/mol. The molecule has 0 saturated carbocycles. The van der Waals surface area contributed by atoms with Gasteiger partial charge in [-0.05, 0) is 17.5 Å². The molecule has 1 aromatic rings. The summed E-state index contributed by atoms with van der Waals surface area (Å²) < 4.78 is 0. The second-order valence-electron chi connectivity index (χ2n) is 3.60. The van der Waals surface area contributed by atoms with Gasteiger partial charge in [-0.15, -0.1) is 0 Å². The van der Waals surface area contributed by atoms with Crippen LogP contribution < -0.4 is 0 Å². The number of nitrogens with zero attached hydrogens (tertiary/aromatic N) is 1. The number of aliphatic imine (C=N–C) groups is 1. The van der Waals surface area contributed by atoms with Crippen molar-refractivity contribution in [3.8, 4) is 0 Å². The van der Waals surface area contributed by atoms with Gasteiger partial charge in [0.15, 0.2) is 0 Å². The van der Waals surface area contributed by atoms with Crippen LogP contribution in [-0.4, -0.2) is 5.71 Å². The predicted octanol–water partition coefficient (Wildman–Crippen LogP) is 3.60. The highest BCUT2D eigenvalue weighted by atomic mass is 14.7. The van der Waals surface area contributed by atoms with Crippen LogP contribution >= 0.6 is 0 Å². The summed E-state index contributed by atoms with van der Waals surface area (Å²) in [6.45, 7) is 6.03. The molecule has 0 aromatic heterocycles. The highest BCUT2D eigenvalue weighted by Crippen LogP contribution is 2.20. The molecule has 1 aliphatic heterocycles. The van der Waals surface area contributed by atoms with Crippen LogP contribution in [0.2, 0.25) is 0 Å². The number of benzene rings is 1. The second kappa shape index (κ2) is 4.26. The van der Waals surface area contributed by atoms with E-state index >= 15 is 0 Å². The van der Waals surface area contributed by atoms with Crippen molar-refractivity contribution < 1.29 is 0 Å². The van der Waals surface area contributed by atoms with E-state index in [-0.39, 0.29) is 0 Å². The van der Waals surface area contributed by atoms with E-state index < -0.39 is 0 Å². The molecule has 0 unspecified atom stereocenters. The Morgan fingerprint density at radius 1 is 1.47 bits per heavy atom. The number of hydrogen-bond donors (Lipinski definition) is 0. The number of allylic oxidation sites excluding steroid dienone is 1. The van der Waals surface area contributed by atoms with Crippen molar-refractivity contribution in [1.82, 2.24) is 0 Å². The molecule has 0 radical (unpaired) electrons. The smallest absolute Gasteiger partial charge is 0.0516 e. The van der Waals surface area contributed by atoms with E-state index in [1.807, 2.05) is 12.3 Å². The molecule has 76 valence electrons. The molecule has 1 aliphatic rings. The Labute approximate surface area is 90.9 Å². The molecule has 1 nitrogen and oxygen atoms in total. The molecule has 0 amide bonds. The van der Waals surface area contributed by atoms with E-state index in [9.17, 15) is 0 Å². The first kappa shape index (κ1) is 9.91. The van der Waals surface area contributed by atoms with Gasteiger partial charge >= 0.3 is 0 Å². The molecule has 0 spiro atoms. The van der Waals surface area contributed by atoms with Crippen molar-refractivity contribution in [1.29, 1.82) is 0 Å². The molecule has 1 heterocycles. The SMILES string of the molecule is C=Cc1cccc(C2=NC=CC2)c1CC. The molecular weight excluding hydrogens is 182 g/mol. The minimum Gasteiger partial charge on any atom is -0.261 e. The summed E-state index contributed by atoms with van der Waals surface area (Å²) in [4.78, 5) is 4.39. The topological polar surface area (TPSA) is 12.4 Å². The largest absolute Gasteiger partial charge is 0.261 e. The van der Waals surface area contributed by atoms with E-state index in [0.717, 1.165) is 12.8 Å². The van der Waals surface area contributed by atoms with Crippen molar-refractivity contribution in [2.45, 2.75) is 19.8 Å². The molecule has 15 heavy (non-hydrogen) atoms. The predicted molar refractivity (Wildman–Crippen MR) is 66.2 cm³/mol. The molecule has 0 aliphatic carbocycles. The van der Waals surface area contributed by atoms with Crippen molar-refractivity contribution in [2.24, 2.45) is 4.99 Å². The van der Waals surface area contributed by atoms with Gasteiger partial charge in [0.25, 0.3) is 0 Å². The fourth-order valence-corrected chi connectivity index (χ4v) is 2.00. The van der Waals surface area contributed by atoms with E-state index in [2.05, 4.69) is 42.8 Å². The highest BCUT2D eigenvalue weighted by Gasteiger charge is 2.10. The lowest BCUT2D eigenvalue weighted by Gasteiger charge is -2.10. The first-order valence-electron chi connectivity index (χ1n) is 5.33. The summed E-state index contributed by atoms with van der Waals surface area (Å²) in [6.07, 6.45) is 7.88. The van der Waals surface area contributed by atoms with Crippen LogP contribution in [0.4, 0.5) is 0 Å². The Bertz CT molecular complexity index is 439. The maximum Gasteiger partial charge on any atom is 0.0516 e. The summed E-state index contributed by atoms with van der Waals surface area (Å²) in [6, 6.07) is 6.34. The zero-order valence-electron chi connectivity index (χ0n) is 9.03. The number of rotatable bonds is 3.